The molecule has 1 aromatic carbocycles. The fourth-order valence-corrected chi connectivity index (χ4v) is 3.05. The van der Waals surface area contributed by atoms with Gasteiger partial charge in [0.25, 0.3) is 0 Å². The molecule has 7 heteroatoms. The van der Waals surface area contributed by atoms with E-state index in [1.807, 2.05) is 54.7 Å². The lowest BCUT2D eigenvalue weighted by atomic mass is 10.2. The molecule has 128 valence electrons. The van der Waals surface area contributed by atoms with Crippen LogP contribution >= 0.6 is 0 Å². The quantitative estimate of drug-likeness (QED) is 0.707. The SMILES string of the molecule is O=S(=O)(C=Cc1ccccc1)NCCn1ccc(-c2ccncc2)n1. The van der Waals surface area contributed by atoms with Crippen molar-refractivity contribution in [3.8, 4) is 11.3 Å². The third-order valence-corrected chi connectivity index (χ3v) is 4.60. The van der Waals surface area contributed by atoms with Gasteiger partial charge in [-0.25, -0.2) is 13.1 Å². The average molecular weight is 354 g/mol. The molecule has 25 heavy (non-hydrogen) atoms. The van der Waals surface area contributed by atoms with E-state index in [0.717, 1.165) is 16.8 Å². The van der Waals surface area contributed by atoms with Crippen LogP contribution in [0.25, 0.3) is 17.3 Å². The van der Waals surface area contributed by atoms with E-state index in [0.29, 0.717) is 6.54 Å². The van der Waals surface area contributed by atoms with E-state index >= 15 is 0 Å². The summed E-state index contributed by atoms with van der Waals surface area (Å²) in [4.78, 5) is 3.98. The van der Waals surface area contributed by atoms with Gasteiger partial charge in [0.05, 0.1) is 12.2 Å². The Morgan fingerprint density at radius 1 is 1.04 bits per heavy atom. The van der Waals surface area contributed by atoms with Gasteiger partial charge in [0.2, 0.25) is 10.0 Å². The van der Waals surface area contributed by atoms with Crippen molar-refractivity contribution in [1.82, 2.24) is 19.5 Å². The topological polar surface area (TPSA) is 76.9 Å². The zero-order valence-electron chi connectivity index (χ0n) is 13.5. The predicted octanol–water partition coefficient (Wildman–Crippen LogP) is 2.54. The van der Waals surface area contributed by atoms with Crippen LogP contribution in [0.2, 0.25) is 0 Å². The molecule has 3 rings (SSSR count). The molecule has 1 N–H and O–H groups in total. The maximum Gasteiger partial charge on any atom is 0.233 e. The normalized spacial score (nSPS) is 11.8. The molecule has 0 atom stereocenters. The smallest absolute Gasteiger partial charge is 0.233 e. The Kier molecular flexibility index (Phi) is 5.37. The molecule has 0 aliphatic rings. The number of nitrogens with zero attached hydrogens (tertiary/aromatic N) is 3. The minimum absolute atomic E-state index is 0.263. The van der Waals surface area contributed by atoms with E-state index < -0.39 is 10.0 Å². The van der Waals surface area contributed by atoms with E-state index in [-0.39, 0.29) is 6.54 Å². The first-order valence-corrected chi connectivity index (χ1v) is 9.34. The number of hydrogen-bond acceptors (Lipinski definition) is 4. The Labute approximate surface area is 146 Å². The zero-order valence-corrected chi connectivity index (χ0v) is 14.3. The van der Waals surface area contributed by atoms with Crippen LogP contribution < -0.4 is 4.72 Å². The molecule has 0 saturated heterocycles. The van der Waals surface area contributed by atoms with Crippen LogP contribution in [-0.4, -0.2) is 29.7 Å². The fourth-order valence-electron chi connectivity index (χ4n) is 2.25. The van der Waals surface area contributed by atoms with E-state index in [4.69, 9.17) is 0 Å². The lowest BCUT2D eigenvalue weighted by molar-refractivity contribution is 0.568. The molecule has 0 saturated carbocycles. The molecule has 3 aromatic rings. The van der Waals surface area contributed by atoms with Crippen molar-refractivity contribution >= 4 is 16.1 Å². The average Bonchev–Trinajstić information content (AvgIpc) is 3.11. The van der Waals surface area contributed by atoms with Gasteiger partial charge in [-0.1, -0.05) is 30.3 Å². The van der Waals surface area contributed by atoms with Crippen molar-refractivity contribution in [1.29, 1.82) is 0 Å². The Morgan fingerprint density at radius 2 is 1.80 bits per heavy atom. The van der Waals surface area contributed by atoms with Gasteiger partial charge < -0.3 is 0 Å². The first kappa shape index (κ1) is 17.1. The van der Waals surface area contributed by atoms with Crippen LogP contribution in [-0.2, 0) is 16.6 Å². The molecular formula is C18H18N4O2S. The first-order valence-electron chi connectivity index (χ1n) is 7.79. The van der Waals surface area contributed by atoms with Crippen molar-refractivity contribution < 1.29 is 8.42 Å². The van der Waals surface area contributed by atoms with E-state index in [2.05, 4.69) is 14.8 Å². The second kappa shape index (κ2) is 7.87. The molecule has 0 aliphatic carbocycles. The third-order valence-electron chi connectivity index (χ3n) is 3.50. The minimum atomic E-state index is -3.48. The van der Waals surface area contributed by atoms with E-state index in [9.17, 15) is 8.42 Å². The number of nitrogens with one attached hydrogen (secondary N) is 1. The highest BCUT2D eigenvalue weighted by Crippen LogP contribution is 2.14. The van der Waals surface area contributed by atoms with Crippen molar-refractivity contribution in [3.05, 3.63) is 78.1 Å². The number of sulfonamides is 1. The second-order valence-electron chi connectivity index (χ2n) is 5.35. The second-order valence-corrected chi connectivity index (χ2v) is 7.00. The van der Waals surface area contributed by atoms with Crippen LogP contribution in [0.4, 0.5) is 0 Å². The highest BCUT2D eigenvalue weighted by molar-refractivity contribution is 7.92. The molecule has 0 unspecified atom stereocenters. The molecule has 2 aromatic heterocycles. The van der Waals surface area contributed by atoms with Gasteiger partial charge >= 0.3 is 0 Å². The summed E-state index contributed by atoms with van der Waals surface area (Å²) < 4.78 is 28.2. The van der Waals surface area contributed by atoms with Crippen molar-refractivity contribution in [3.63, 3.8) is 0 Å². The fraction of sp³-hybridized carbons (Fsp3) is 0.111. The largest absolute Gasteiger partial charge is 0.271 e. The molecule has 0 bridgehead atoms. The summed E-state index contributed by atoms with van der Waals surface area (Å²) >= 11 is 0. The van der Waals surface area contributed by atoms with Crippen molar-refractivity contribution in [2.45, 2.75) is 6.54 Å². The standard InChI is InChI=1S/C18H18N4O2S/c23-25(24,15-9-16-4-2-1-3-5-16)20-12-14-22-13-8-18(21-22)17-6-10-19-11-7-17/h1-11,13,15,20H,12,14H2. The Morgan fingerprint density at radius 3 is 2.56 bits per heavy atom. The summed E-state index contributed by atoms with van der Waals surface area (Å²) in [5.41, 5.74) is 2.64. The molecule has 0 fully saturated rings. The van der Waals surface area contributed by atoms with E-state index in [1.54, 1.807) is 23.2 Å². The molecule has 0 aliphatic heterocycles. The van der Waals surface area contributed by atoms with Crippen LogP contribution in [0.15, 0.2) is 72.5 Å². The first-order chi connectivity index (χ1) is 12.1. The van der Waals surface area contributed by atoms with Crippen LogP contribution in [0.3, 0.4) is 0 Å². The number of hydrogen-bond donors (Lipinski definition) is 1. The highest BCUT2D eigenvalue weighted by Gasteiger charge is 2.06. The van der Waals surface area contributed by atoms with Crippen LogP contribution in [0.5, 0.6) is 0 Å². The van der Waals surface area contributed by atoms with E-state index in [1.165, 1.54) is 5.41 Å². The summed E-state index contributed by atoms with van der Waals surface area (Å²) in [6.07, 6.45) is 6.81. The summed E-state index contributed by atoms with van der Waals surface area (Å²) in [5, 5.41) is 5.60. The Hall–Kier alpha value is -2.77. The molecular weight excluding hydrogens is 336 g/mol. The van der Waals surface area contributed by atoms with Gasteiger partial charge in [-0.2, -0.15) is 5.10 Å². The van der Waals surface area contributed by atoms with Gasteiger partial charge in [0, 0.05) is 36.1 Å². The lowest BCUT2D eigenvalue weighted by Gasteiger charge is -2.03. The number of benzene rings is 1. The van der Waals surface area contributed by atoms with Crippen LogP contribution in [0.1, 0.15) is 5.56 Å². The molecule has 2 heterocycles. The molecule has 0 amide bonds. The van der Waals surface area contributed by atoms with Gasteiger partial charge in [-0.3, -0.25) is 9.67 Å². The summed E-state index contributed by atoms with van der Waals surface area (Å²) in [5.74, 6) is 0. The van der Waals surface area contributed by atoms with Gasteiger partial charge in [0.15, 0.2) is 0 Å². The van der Waals surface area contributed by atoms with Crippen molar-refractivity contribution in [2.75, 3.05) is 6.54 Å². The van der Waals surface area contributed by atoms with Gasteiger partial charge in [-0.05, 0) is 29.8 Å². The van der Waals surface area contributed by atoms with Crippen molar-refractivity contribution in [2.24, 2.45) is 0 Å². The Balaban J connectivity index is 1.54. The number of pyridine rings is 1. The monoisotopic (exact) mass is 354 g/mol. The summed E-state index contributed by atoms with van der Waals surface area (Å²) in [7, 11) is -3.48. The van der Waals surface area contributed by atoms with Gasteiger partial charge in [-0.15, -0.1) is 0 Å². The highest BCUT2D eigenvalue weighted by atomic mass is 32.2. The predicted molar refractivity (Wildman–Crippen MR) is 97.9 cm³/mol. The van der Waals surface area contributed by atoms with Crippen LogP contribution in [0, 0.1) is 0 Å². The zero-order chi connectivity index (χ0) is 17.5. The lowest BCUT2D eigenvalue weighted by Crippen LogP contribution is -2.25. The maximum absolute atomic E-state index is 12.0. The Bertz CT molecular complexity index is 935. The molecule has 0 radical (unpaired) electrons. The maximum atomic E-state index is 12.0. The number of rotatable bonds is 7. The van der Waals surface area contributed by atoms with Gasteiger partial charge in [0.1, 0.15) is 0 Å². The third kappa shape index (κ3) is 5.10. The summed E-state index contributed by atoms with van der Waals surface area (Å²) in [6.45, 7) is 0.711. The molecule has 6 nitrogen and oxygen atoms in total. The summed E-state index contributed by atoms with van der Waals surface area (Å²) in [6, 6.07) is 14.9. The number of aromatic nitrogens is 3. The molecule has 0 spiro atoms. The minimum Gasteiger partial charge on any atom is -0.271 e.